The quantitative estimate of drug-likeness (QED) is 0.263. The summed E-state index contributed by atoms with van der Waals surface area (Å²) in [5.74, 6) is 0.914. The first-order valence-electron chi connectivity index (χ1n) is 7.65. The summed E-state index contributed by atoms with van der Waals surface area (Å²) in [5, 5.41) is 11.4. The van der Waals surface area contributed by atoms with Crippen molar-refractivity contribution in [1.82, 2.24) is 4.90 Å². The molecule has 0 amide bonds. The molecule has 2 aromatic carbocycles. The Bertz CT molecular complexity index is 851. The van der Waals surface area contributed by atoms with Crippen molar-refractivity contribution in [1.29, 1.82) is 0 Å². The van der Waals surface area contributed by atoms with E-state index in [-0.39, 0.29) is 22.2 Å². The summed E-state index contributed by atoms with van der Waals surface area (Å²) >= 11 is 5.42. The van der Waals surface area contributed by atoms with Crippen LogP contribution in [0, 0.1) is 10.1 Å². The molecule has 0 unspecified atom stereocenters. The van der Waals surface area contributed by atoms with E-state index in [4.69, 9.17) is 21.7 Å². The number of thiocarbonyl (C=S) groups is 1. The molecule has 7 nitrogen and oxygen atoms in total. The topological polar surface area (TPSA) is 77.2 Å². The van der Waals surface area contributed by atoms with Crippen LogP contribution in [-0.2, 0) is 0 Å². The first kappa shape index (κ1) is 19.3. The molecule has 0 aromatic heterocycles. The molecule has 136 valence electrons. The minimum atomic E-state index is -0.540. The van der Waals surface area contributed by atoms with Crippen molar-refractivity contribution in [3.63, 3.8) is 0 Å². The predicted molar refractivity (Wildman–Crippen MR) is 105 cm³/mol. The molecule has 0 aliphatic carbocycles. The average Bonchev–Trinajstić information content (AvgIpc) is 2.64. The van der Waals surface area contributed by atoms with Crippen molar-refractivity contribution in [2.45, 2.75) is 0 Å². The van der Waals surface area contributed by atoms with Gasteiger partial charge in [-0.3, -0.25) is 10.1 Å². The number of aliphatic imine (C=N–C) groups is 1. The molecule has 0 radical (unpaired) electrons. The van der Waals surface area contributed by atoms with Gasteiger partial charge in [-0.1, -0.05) is 42.5 Å². The first-order chi connectivity index (χ1) is 12.4. The second kappa shape index (κ2) is 8.39. The Balaban J connectivity index is 2.54. The minimum Gasteiger partial charge on any atom is -0.493 e. The van der Waals surface area contributed by atoms with Gasteiger partial charge in [0.15, 0.2) is 5.75 Å². The molecule has 0 aliphatic heterocycles. The standard InChI is InChI=1S/C18H19N3O4S/c1-20(2)17(12-8-6-5-7-9-12)19-18(26)13-10-14(21(22)23)16(25-4)15(11-13)24-3/h5-11H,1-4H3. The van der Waals surface area contributed by atoms with Crippen LogP contribution >= 0.6 is 12.2 Å². The lowest BCUT2D eigenvalue weighted by Crippen LogP contribution is -2.24. The highest BCUT2D eigenvalue weighted by Gasteiger charge is 2.23. The number of methoxy groups -OCH3 is 2. The average molecular weight is 373 g/mol. The lowest BCUT2D eigenvalue weighted by atomic mass is 10.1. The van der Waals surface area contributed by atoms with E-state index in [9.17, 15) is 10.1 Å². The van der Waals surface area contributed by atoms with Gasteiger partial charge in [-0.05, 0) is 6.07 Å². The van der Waals surface area contributed by atoms with Gasteiger partial charge in [0.2, 0.25) is 5.75 Å². The lowest BCUT2D eigenvalue weighted by molar-refractivity contribution is -0.385. The fourth-order valence-electron chi connectivity index (χ4n) is 2.37. The summed E-state index contributed by atoms with van der Waals surface area (Å²) in [6.07, 6.45) is 0. The number of hydrogen-bond donors (Lipinski definition) is 0. The van der Waals surface area contributed by atoms with E-state index in [1.54, 1.807) is 6.07 Å². The highest BCUT2D eigenvalue weighted by molar-refractivity contribution is 7.80. The Labute approximate surface area is 157 Å². The van der Waals surface area contributed by atoms with Crippen LogP contribution in [0.3, 0.4) is 0 Å². The summed E-state index contributed by atoms with van der Waals surface area (Å²) in [6.45, 7) is 0. The van der Waals surface area contributed by atoms with E-state index < -0.39 is 4.92 Å². The van der Waals surface area contributed by atoms with Gasteiger partial charge in [-0.25, -0.2) is 4.99 Å². The zero-order chi connectivity index (χ0) is 19.3. The van der Waals surface area contributed by atoms with Crippen LogP contribution in [0.2, 0.25) is 0 Å². The van der Waals surface area contributed by atoms with Crippen LogP contribution in [0.15, 0.2) is 47.5 Å². The molecule has 0 saturated heterocycles. The van der Waals surface area contributed by atoms with Crippen molar-refractivity contribution in [2.24, 2.45) is 4.99 Å². The van der Waals surface area contributed by atoms with Gasteiger partial charge in [0, 0.05) is 31.3 Å². The molecule has 8 heteroatoms. The van der Waals surface area contributed by atoms with E-state index in [0.717, 1.165) is 5.56 Å². The number of ether oxygens (including phenoxy) is 2. The molecule has 26 heavy (non-hydrogen) atoms. The Morgan fingerprint density at radius 1 is 1.12 bits per heavy atom. The summed E-state index contributed by atoms with van der Waals surface area (Å²) in [4.78, 5) is 17.4. The maximum absolute atomic E-state index is 11.4. The predicted octanol–water partition coefficient (Wildman–Crippen LogP) is 3.30. The fourth-order valence-corrected chi connectivity index (χ4v) is 2.58. The van der Waals surface area contributed by atoms with Crippen molar-refractivity contribution in [3.8, 4) is 11.5 Å². The maximum atomic E-state index is 11.4. The van der Waals surface area contributed by atoms with Crippen LogP contribution in [0.1, 0.15) is 11.1 Å². The molecule has 0 N–H and O–H groups in total. The van der Waals surface area contributed by atoms with Crippen molar-refractivity contribution >= 4 is 28.7 Å². The molecule has 0 saturated carbocycles. The summed E-state index contributed by atoms with van der Waals surface area (Å²) in [6, 6.07) is 12.5. The van der Waals surface area contributed by atoms with Gasteiger partial charge in [-0.2, -0.15) is 0 Å². The number of benzene rings is 2. The first-order valence-corrected chi connectivity index (χ1v) is 8.06. The molecular formula is C18H19N3O4S. The number of nitro groups is 1. The number of amidine groups is 1. The van der Waals surface area contributed by atoms with Gasteiger partial charge in [0.05, 0.1) is 19.1 Å². The highest BCUT2D eigenvalue weighted by atomic mass is 32.1. The second-order valence-corrected chi connectivity index (χ2v) is 5.88. The van der Waals surface area contributed by atoms with Crippen LogP contribution in [0.25, 0.3) is 0 Å². The maximum Gasteiger partial charge on any atom is 0.315 e. The van der Waals surface area contributed by atoms with E-state index >= 15 is 0 Å². The van der Waals surface area contributed by atoms with Crippen LogP contribution < -0.4 is 9.47 Å². The third-order valence-corrected chi connectivity index (χ3v) is 3.89. The SMILES string of the molecule is COc1cc(C(=S)N=C(c2ccccc2)N(C)C)cc([N+](=O)[O-])c1OC. The van der Waals surface area contributed by atoms with Gasteiger partial charge in [0.1, 0.15) is 10.8 Å². The van der Waals surface area contributed by atoms with Crippen molar-refractivity contribution in [3.05, 3.63) is 63.7 Å². The lowest BCUT2D eigenvalue weighted by Gasteiger charge is -2.16. The molecule has 0 fully saturated rings. The molecule has 2 rings (SSSR count). The second-order valence-electron chi connectivity index (χ2n) is 5.49. The van der Waals surface area contributed by atoms with Crippen LogP contribution in [0.4, 0.5) is 5.69 Å². The summed E-state index contributed by atoms with van der Waals surface area (Å²) in [5.41, 5.74) is 1.06. The number of hydrogen-bond acceptors (Lipinski definition) is 5. The zero-order valence-corrected chi connectivity index (χ0v) is 15.7. The fraction of sp³-hybridized carbons (Fsp3) is 0.222. The molecule has 0 aliphatic rings. The summed E-state index contributed by atoms with van der Waals surface area (Å²) < 4.78 is 10.3. The molecular weight excluding hydrogens is 354 g/mol. The molecule has 0 heterocycles. The Morgan fingerprint density at radius 2 is 1.77 bits per heavy atom. The monoisotopic (exact) mass is 373 g/mol. The number of nitro benzene ring substituents is 1. The van der Waals surface area contributed by atoms with Crippen molar-refractivity contribution in [2.75, 3.05) is 28.3 Å². The Hall–Kier alpha value is -3.00. The van der Waals surface area contributed by atoms with Crippen LogP contribution in [-0.4, -0.2) is 49.0 Å². The normalized spacial score (nSPS) is 11.0. The highest BCUT2D eigenvalue weighted by Crippen LogP contribution is 2.38. The van der Waals surface area contributed by atoms with Gasteiger partial charge in [0.25, 0.3) is 0 Å². The smallest absolute Gasteiger partial charge is 0.315 e. The van der Waals surface area contributed by atoms with Gasteiger partial charge < -0.3 is 14.4 Å². The van der Waals surface area contributed by atoms with Gasteiger partial charge in [-0.15, -0.1) is 0 Å². The minimum absolute atomic E-state index is 0.0453. The Kier molecular flexibility index (Phi) is 6.24. The van der Waals surface area contributed by atoms with E-state index in [0.29, 0.717) is 11.4 Å². The van der Waals surface area contributed by atoms with Crippen molar-refractivity contribution < 1.29 is 14.4 Å². The Morgan fingerprint density at radius 3 is 2.27 bits per heavy atom. The number of rotatable bonds is 5. The van der Waals surface area contributed by atoms with Gasteiger partial charge >= 0.3 is 5.69 Å². The van der Waals surface area contributed by atoms with Crippen LogP contribution in [0.5, 0.6) is 11.5 Å². The molecule has 0 atom stereocenters. The van der Waals surface area contributed by atoms with E-state index in [2.05, 4.69) is 4.99 Å². The molecule has 2 aromatic rings. The largest absolute Gasteiger partial charge is 0.493 e. The third kappa shape index (κ3) is 4.15. The number of nitrogens with zero attached hydrogens (tertiary/aromatic N) is 3. The zero-order valence-electron chi connectivity index (χ0n) is 14.9. The summed E-state index contributed by atoms with van der Waals surface area (Å²) in [7, 11) is 6.46. The molecule has 0 spiro atoms. The molecule has 0 bridgehead atoms. The third-order valence-electron chi connectivity index (χ3n) is 3.57. The van der Waals surface area contributed by atoms with E-state index in [1.807, 2.05) is 49.3 Å². The van der Waals surface area contributed by atoms with E-state index in [1.165, 1.54) is 20.3 Å².